The van der Waals surface area contributed by atoms with Crippen LogP contribution in [-0.2, 0) is 19.5 Å². The van der Waals surface area contributed by atoms with E-state index in [-0.39, 0.29) is 16.7 Å². The quantitative estimate of drug-likeness (QED) is 0.729. The van der Waals surface area contributed by atoms with Crippen LogP contribution in [0, 0.1) is 5.82 Å². The molecule has 2 heterocycles. The summed E-state index contributed by atoms with van der Waals surface area (Å²) in [6.07, 6.45) is 1.09. The molecule has 3 N–H and O–H groups in total. The third kappa shape index (κ3) is 4.73. The Morgan fingerprint density at radius 2 is 2.11 bits per heavy atom. The van der Waals surface area contributed by atoms with Gasteiger partial charge in [-0.1, -0.05) is 0 Å². The molecule has 28 heavy (non-hydrogen) atoms. The first-order chi connectivity index (χ1) is 13.2. The number of sulfonamides is 1. The number of benzene rings is 1. The zero-order valence-electron chi connectivity index (χ0n) is 15.6. The molecule has 2 aromatic rings. The highest BCUT2D eigenvalue weighted by Gasteiger charge is 2.34. The van der Waals surface area contributed by atoms with Gasteiger partial charge >= 0.3 is 0 Å². The highest BCUT2D eigenvalue weighted by molar-refractivity contribution is 7.89. The molecule has 9 nitrogen and oxygen atoms in total. The Morgan fingerprint density at radius 3 is 2.75 bits per heavy atom. The zero-order valence-corrected chi connectivity index (χ0v) is 16.4. The molecule has 0 radical (unpaired) electrons. The van der Waals surface area contributed by atoms with Crippen LogP contribution in [0.1, 0.15) is 6.92 Å². The first kappa shape index (κ1) is 20.4. The maximum atomic E-state index is 14.4. The van der Waals surface area contributed by atoms with Crippen LogP contribution < -0.4 is 15.4 Å². The van der Waals surface area contributed by atoms with Crippen molar-refractivity contribution < 1.29 is 22.3 Å². The summed E-state index contributed by atoms with van der Waals surface area (Å²) in [5.41, 5.74) is -0.0298. The highest BCUT2D eigenvalue weighted by Crippen LogP contribution is 2.26. The van der Waals surface area contributed by atoms with E-state index in [1.54, 1.807) is 12.0 Å². The molecule has 0 unspecified atom stereocenters. The SMILES string of the molecule is COC[C@@]1(C)CN(c2nc(Nc3ccc(S(N)(=O)=O)cc3)ncc2F)CCO1. The molecule has 0 aliphatic carbocycles. The van der Waals surface area contributed by atoms with E-state index >= 15 is 0 Å². The molecule has 0 bridgehead atoms. The number of primary sulfonamides is 1. The molecule has 1 saturated heterocycles. The van der Waals surface area contributed by atoms with Gasteiger partial charge in [0.25, 0.3) is 0 Å². The van der Waals surface area contributed by atoms with Crippen LogP contribution in [-0.4, -0.2) is 57.4 Å². The van der Waals surface area contributed by atoms with Gasteiger partial charge in [0.2, 0.25) is 16.0 Å². The van der Waals surface area contributed by atoms with Crippen LogP contribution in [0.5, 0.6) is 0 Å². The summed E-state index contributed by atoms with van der Waals surface area (Å²) < 4.78 is 48.0. The van der Waals surface area contributed by atoms with E-state index in [0.29, 0.717) is 32.0 Å². The Hall–Kier alpha value is -2.34. The van der Waals surface area contributed by atoms with Crippen LogP contribution in [0.3, 0.4) is 0 Å². The number of hydrogen-bond acceptors (Lipinski definition) is 8. The summed E-state index contributed by atoms with van der Waals surface area (Å²) in [6, 6.07) is 5.77. The van der Waals surface area contributed by atoms with Gasteiger partial charge in [-0.25, -0.2) is 22.9 Å². The fourth-order valence-corrected chi connectivity index (χ4v) is 3.52. The molecule has 0 saturated carbocycles. The Morgan fingerprint density at radius 1 is 1.39 bits per heavy atom. The molecule has 1 aromatic heterocycles. The number of nitrogens with one attached hydrogen (secondary N) is 1. The van der Waals surface area contributed by atoms with Crippen LogP contribution in [0.15, 0.2) is 35.4 Å². The van der Waals surface area contributed by atoms with Crippen LogP contribution in [0.25, 0.3) is 0 Å². The Bertz CT molecular complexity index is 937. The van der Waals surface area contributed by atoms with E-state index in [1.807, 2.05) is 6.92 Å². The van der Waals surface area contributed by atoms with Gasteiger partial charge in [-0.3, -0.25) is 0 Å². The molecule has 1 aromatic carbocycles. The Balaban J connectivity index is 1.80. The predicted molar refractivity (Wildman–Crippen MR) is 102 cm³/mol. The van der Waals surface area contributed by atoms with Gasteiger partial charge < -0.3 is 19.7 Å². The topological polar surface area (TPSA) is 120 Å². The summed E-state index contributed by atoms with van der Waals surface area (Å²) in [7, 11) is -2.19. The summed E-state index contributed by atoms with van der Waals surface area (Å²) >= 11 is 0. The minimum absolute atomic E-state index is 0.00971. The highest BCUT2D eigenvalue weighted by atomic mass is 32.2. The standard InChI is InChI=1S/C17H22FN5O4S/c1-17(11-26-2)10-23(7-8-27-17)15-14(18)9-20-16(22-15)21-12-3-5-13(6-4-12)28(19,24)25/h3-6,9H,7-8,10-11H2,1-2H3,(H2,19,24,25)(H,20,21,22)/t17-/m1/s1. The van der Waals surface area contributed by atoms with Crippen molar-refractivity contribution in [1.82, 2.24) is 9.97 Å². The monoisotopic (exact) mass is 411 g/mol. The summed E-state index contributed by atoms with van der Waals surface area (Å²) in [5.74, 6) is -0.208. The van der Waals surface area contributed by atoms with Gasteiger partial charge in [-0.05, 0) is 31.2 Å². The van der Waals surface area contributed by atoms with Crippen molar-refractivity contribution in [2.24, 2.45) is 5.14 Å². The first-order valence-corrected chi connectivity index (χ1v) is 10.1. The van der Waals surface area contributed by atoms with E-state index < -0.39 is 21.4 Å². The lowest BCUT2D eigenvalue weighted by Crippen LogP contribution is -2.53. The smallest absolute Gasteiger partial charge is 0.238 e. The molecular weight excluding hydrogens is 389 g/mol. The number of halogens is 1. The molecular formula is C17H22FN5O4S. The second kappa shape index (κ2) is 7.95. The lowest BCUT2D eigenvalue weighted by molar-refractivity contribution is -0.0841. The summed E-state index contributed by atoms with van der Waals surface area (Å²) in [6.45, 7) is 3.58. The number of methoxy groups -OCH3 is 1. The lowest BCUT2D eigenvalue weighted by Gasteiger charge is -2.40. The third-order valence-electron chi connectivity index (χ3n) is 4.25. The van der Waals surface area contributed by atoms with Gasteiger partial charge in [0.1, 0.15) is 5.60 Å². The molecule has 1 aliphatic rings. The number of aromatic nitrogens is 2. The molecule has 1 fully saturated rings. The van der Waals surface area contributed by atoms with Crippen molar-refractivity contribution in [3.8, 4) is 0 Å². The molecule has 1 aliphatic heterocycles. The summed E-state index contributed by atoms with van der Waals surface area (Å²) in [5, 5.41) is 8.01. The van der Waals surface area contributed by atoms with E-state index in [1.165, 1.54) is 24.3 Å². The Kier molecular flexibility index (Phi) is 5.79. The van der Waals surface area contributed by atoms with Gasteiger partial charge in [0.15, 0.2) is 11.6 Å². The van der Waals surface area contributed by atoms with Crippen LogP contribution in [0.4, 0.5) is 21.8 Å². The third-order valence-corrected chi connectivity index (χ3v) is 5.18. The lowest BCUT2D eigenvalue weighted by atomic mass is 10.1. The zero-order chi connectivity index (χ0) is 20.4. The molecule has 0 spiro atoms. The normalized spacial score (nSPS) is 20.2. The van der Waals surface area contributed by atoms with Crippen molar-refractivity contribution in [2.45, 2.75) is 17.4 Å². The molecule has 1 atom stereocenters. The molecule has 0 amide bonds. The van der Waals surface area contributed by atoms with Gasteiger partial charge in [-0.15, -0.1) is 0 Å². The van der Waals surface area contributed by atoms with Crippen molar-refractivity contribution in [3.05, 3.63) is 36.3 Å². The van der Waals surface area contributed by atoms with Crippen molar-refractivity contribution in [1.29, 1.82) is 0 Å². The van der Waals surface area contributed by atoms with E-state index in [9.17, 15) is 12.8 Å². The molecule has 3 rings (SSSR count). The van der Waals surface area contributed by atoms with E-state index in [4.69, 9.17) is 14.6 Å². The number of rotatable bonds is 6. The number of nitrogens with two attached hydrogens (primary N) is 1. The second-order valence-electron chi connectivity index (χ2n) is 6.71. The van der Waals surface area contributed by atoms with Crippen molar-refractivity contribution in [2.75, 3.05) is 43.6 Å². The molecule has 11 heteroatoms. The van der Waals surface area contributed by atoms with Crippen molar-refractivity contribution in [3.63, 3.8) is 0 Å². The number of morpholine rings is 1. The second-order valence-corrected chi connectivity index (χ2v) is 8.27. The molecule has 152 valence electrons. The van der Waals surface area contributed by atoms with Gasteiger partial charge in [0, 0.05) is 19.3 Å². The number of hydrogen-bond donors (Lipinski definition) is 2. The predicted octanol–water partition coefficient (Wildman–Crippen LogP) is 1.25. The minimum Gasteiger partial charge on any atom is -0.382 e. The Labute approximate surface area is 162 Å². The fraction of sp³-hybridized carbons (Fsp3) is 0.412. The number of ether oxygens (including phenoxy) is 2. The van der Waals surface area contributed by atoms with E-state index in [0.717, 1.165) is 6.20 Å². The van der Waals surface area contributed by atoms with Crippen LogP contribution >= 0.6 is 0 Å². The first-order valence-electron chi connectivity index (χ1n) is 8.50. The fourth-order valence-electron chi connectivity index (χ4n) is 3.00. The maximum Gasteiger partial charge on any atom is 0.238 e. The minimum atomic E-state index is -3.77. The summed E-state index contributed by atoms with van der Waals surface area (Å²) in [4.78, 5) is 10.0. The van der Waals surface area contributed by atoms with Crippen LogP contribution in [0.2, 0.25) is 0 Å². The van der Waals surface area contributed by atoms with E-state index in [2.05, 4.69) is 15.3 Å². The van der Waals surface area contributed by atoms with Gasteiger partial charge in [0.05, 0.1) is 30.9 Å². The van der Waals surface area contributed by atoms with Crippen molar-refractivity contribution >= 4 is 27.5 Å². The maximum absolute atomic E-state index is 14.4. The number of anilines is 3. The average molecular weight is 411 g/mol. The number of nitrogens with zero attached hydrogens (tertiary/aromatic N) is 3. The largest absolute Gasteiger partial charge is 0.382 e. The van der Waals surface area contributed by atoms with Gasteiger partial charge in [-0.2, -0.15) is 4.98 Å². The average Bonchev–Trinajstić information content (AvgIpc) is 2.63.